The number of amides is 2. The maximum Gasteiger partial charge on any atom is 0.394 e. The van der Waals surface area contributed by atoms with E-state index in [-0.39, 0.29) is 12.2 Å². The standard InChI is InChI=1S/C30H28F4N4O/c1-29-16-18-17-35-38(22-10-8-20(31)9-11-22)26(18)15-19(29)7-12-23-24(29)13-14-25(30(32,33)34)27(23)37-28(39)36-21-5-3-2-4-6-21/h2-6,8-11,13,15,17,23,25,27H,7,12,14,16H2,1H3,(H2,36,37,39)/t23-,25+,27+,29-/m0/s1. The van der Waals surface area contributed by atoms with Gasteiger partial charge in [0.05, 0.1) is 23.5 Å². The third-order valence-corrected chi connectivity index (χ3v) is 8.49. The molecule has 0 saturated heterocycles. The van der Waals surface area contributed by atoms with E-state index in [0.717, 1.165) is 28.1 Å². The molecule has 0 bridgehead atoms. The number of urea groups is 1. The van der Waals surface area contributed by atoms with E-state index < -0.39 is 35.5 Å². The fourth-order valence-corrected chi connectivity index (χ4v) is 6.61. The van der Waals surface area contributed by atoms with E-state index in [1.165, 1.54) is 12.1 Å². The van der Waals surface area contributed by atoms with E-state index in [0.29, 0.717) is 24.9 Å². The van der Waals surface area contributed by atoms with Crippen molar-refractivity contribution in [2.24, 2.45) is 17.3 Å². The lowest BCUT2D eigenvalue weighted by Crippen LogP contribution is -2.56. The van der Waals surface area contributed by atoms with Gasteiger partial charge in [-0.2, -0.15) is 18.3 Å². The number of hydrogen-bond donors (Lipinski definition) is 2. The van der Waals surface area contributed by atoms with Crippen LogP contribution in [0.3, 0.4) is 0 Å². The van der Waals surface area contributed by atoms with E-state index in [9.17, 15) is 22.4 Å². The molecule has 0 spiro atoms. The molecular weight excluding hydrogens is 508 g/mol. The predicted octanol–water partition coefficient (Wildman–Crippen LogP) is 7.07. The Morgan fingerprint density at radius 3 is 2.56 bits per heavy atom. The first-order valence-electron chi connectivity index (χ1n) is 13.1. The molecule has 0 unspecified atom stereocenters. The zero-order valence-corrected chi connectivity index (χ0v) is 21.3. The summed E-state index contributed by atoms with van der Waals surface area (Å²) in [5.74, 6) is -2.43. The lowest BCUT2D eigenvalue weighted by Gasteiger charge is -2.51. The van der Waals surface area contributed by atoms with Crippen LogP contribution in [-0.2, 0) is 6.42 Å². The maximum atomic E-state index is 14.2. The van der Waals surface area contributed by atoms with Gasteiger partial charge in [0.25, 0.3) is 0 Å². The van der Waals surface area contributed by atoms with Gasteiger partial charge in [-0.1, -0.05) is 42.3 Å². The van der Waals surface area contributed by atoms with Crippen molar-refractivity contribution < 1.29 is 22.4 Å². The number of hydrogen-bond acceptors (Lipinski definition) is 2. The minimum atomic E-state index is -4.44. The first-order chi connectivity index (χ1) is 18.6. The molecule has 1 heterocycles. The van der Waals surface area contributed by atoms with E-state index in [1.807, 2.05) is 0 Å². The number of nitrogens with zero attached hydrogens (tertiary/aromatic N) is 2. The quantitative estimate of drug-likeness (QED) is 0.278. The number of nitrogens with one attached hydrogen (secondary N) is 2. The number of carbonyl (C=O) groups excluding carboxylic acids is 1. The summed E-state index contributed by atoms with van der Waals surface area (Å²) < 4.78 is 57.8. The number of halogens is 4. The Kier molecular flexibility index (Phi) is 6.12. The van der Waals surface area contributed by atoms with Crippen LogP contribution in [0.15, 0.2) is 78.0 Å². The third kappa shape index (κ3) is 4.53. The highest BCUT2D eigenvalue weighted by Crippen LogP contribution is 2.57. The smallest absolute Gasteiger partial charge is 0.334 e. The number of alkyl halides is 3. The van der Waals surface area contributed by atoms with Crippen LogP contribution in [0.4, 0.5) is 28.0 Å². The van der Waals surface area contributed by atoms with Crippen LogP contribution in [0.1, 0.15) is 37.4 Å². The first-order valence-corrected chi connectivity index (χ1v) is 13.1. The minimum Gasteiger partial charge on any atom is -0.334 e. The molecule has 4 atom stereocenters. The van der Waals surface area contributed by atoms with Crippen LogP contribution in [0, 0.1) is 23.1 Å². The van der Waals surface area contributed by atoms with E-state index in [4.69, 9.17) is 0 Å². The van der Waals surface area contributed by atoms with Crippen LogP contribution in [0.5, 0.6) is 0 Å². The normalized spacial score (nSPS) is 25.9. The Morgan fingerprint density at radius 2 is 1.85 bits per heavy atom. The molecule has 3 aliphatic carbocycles. The summed E-state index contributed by atoms with van der Waals surface area (Å²) in [7, 11) is 0. The number of rotatable bonds is 3. The lowest BCUT2D eigenvalue weighted by molar-refractivity contribution is -0.186. The van der Waals surface area contributed by atoms with E-state index in [1.54, 1.807) is 59.4 Å². The number of carbonyl (C=O) groups is 1. The topological polar surface area (TPSA) is 59.0 Å². The summed E-state index contributed by atoms with van der Waals surface area (Å²) in [5, 5.41) is 9.93. The van der Waals surface area contributed by atoms with Crippen LogP contribution < -0.4 is 10.6 Å². The summed E-state index contributed by atoms with van der Waals surface area (Å²) in [6.07, 6.45) is 2.70. The highest BCUT2D eigenvalue weighted by atomic mass is 19.4. The second kappa shape index (κ2) is 9.39. The van der Waals surface area contributed by atoms with Crippen LogP contribution in [0.2, 0.25) is 0 Å². The number of para-hydroxylation sites is 1. The number of benzene rings is 2. The zero-order valence-electron chi connectivity index (χ0n) is 21.3. The van der Waals surface area contributed by atoms with Gasteiger partial charge in [0.15, 0.2) is 0 Å². The van der Waals surface area contributed by atoms with Crippen LogP contribution in [-0.4, -0.2) is 28.0 Å². The fraction of sp³-hybridized carbons (Fsp3) is 0.333. The number of fused-ring (bicyclic) bond motifs is 4. The lowest BCUT2D eigenvalue weighted by atomic mass is 9.55. The van der Waals surface area contributed by atoms with Crippen molar-refractivity contribution in [1.82, 2.24) is 15.1 Å². The van der Waals surface area contributed by atoms with Gasteiger partial charge in [0.1, 0.15) is 5.82 Å². The molecular formula is C30H28F4N4O. The molecule has 202 valence electrons. The molecule has 2 N–H and O–H groups in total. The van der Waals surface area contributed by atoms with Crippen molar-refractivity contribution in [2.75, 3.05) is 5.32 Å². The molecule has 0 radical (unpaired) electrons. The molecule has 1 aromatic heterocycles. The van der Waals surface area contributed by atoms with Gasteiger partial charge >= 0.3 is 12.2 Å². The van der Waals surface area contributed by atoms with Crippen molar-refractivity contribution >= 4 is 17.8 Å². The van der Waals surface area contributed by atoms with Crippen LogP contribution >= 0.6 is 0 Å². The van der Waals surface area contributed by atoms with Gasteiger partial charge in [0, 0.05) is 23.1 Å². The van der Waals surface area contributed by atoms with E-state index in [2.05, 4.69) is 28.7 Å². The summed E-state index contributed by atoms with van der Waals surface area (Å²) in [6, 6.07) is 13.1. The number of anilines is 1. The van der Waals surface area contributed by atoms with Gasteiger partial charge in [0.2, 0.25) is 0 Å². The minimum absolute atomic E-state index is 0.184. The molecule has 9 heteroatoms. The van der Waals surface area contributed by atoms with Crippen molar-refractivity contribution in [1.29, 1.82) is 0 Å². The van der Waals surface area contributed by atoms with Crippen molar-refractivity contribution in [3.05, 3.63) is 95.1 Å². The molecule has 0 aliphatic heterocycles. The third-order valence-electron chi connectivity index (χ3n) is 8.49. The second-order valence-corrected chi connectivity index (χ2v) is 10.8. The van der Waals surface area contributed by atoms with Crippen molar-refractivity contribution in [3.63, 3.8) is 0 Å². The van der Waals surface area contributed by atoms with Crippen LogP contribution in [0.25, 0.3) is 11.8 Å². The second-order valence-electron chi connectivity index (χ2n) is 10.8. The van der Waals surface area contributed by atoms with Gasteiger partial charge in [-0.15, -0.1) is 0 Å². The Balaban J connectivity index is 1.31. The molecule has 3 aromatic rings. The van der Waals surface area contributed by atoms with Gasteiger partial charge in [-0.25, -0.2) is 13.9 Å². The number of aromatic nitrogens is 2. The maximum absolute atomic E-state index is 14.2. The molecule has 6 rings (SSSR count). The highest BCUT2D eigenvalue weighted by molar-refractivity contribution is 5.89. The van der Waals surface area contributed by atoms with E-state index >= 15 is 0 Å². The SMILES string of the molecule is C[C@]12Cc3cnn(-c4ccc(F)cc4)c3C=C1CC[C@H]1C2=CC[C@@H](C(F)(F)F)[C@@H]1NC(=O)Nc1ccccc1. The Labute approximate surface area is 223 Å². The molecule has 39 heavy (non-hydrogen) atoms. The molecule has 1 saturated carbocycles. The average Bonchev–Trinajstić information content (AvgIpc) is 3.29. The van der Waals surface area contributed by atoms with Gasteiger partial charge < -0.3 is 10.6 Å². The molecule has 1 fully saturated rings. The van der Waals surface area contributed by atoms with Crippen molar-refractivity contribution in [3.8, 4) is 5.69 Å². The summed E-state index contributed by atoms with van der Waals surface area (Å²) in [5.41, 5.74) is 4.77. The first kappa shape index (κ1) is 25.4. The van der Waals surface area contributed by atoms with Gasteiger partial charge in [-0.05, 0) is 73.7 Å². The molecule has 2 amide bonds. The fourth-order valence-electron chi connectivity index (χ4n) is 6.61. The molecule has 2 aromatic carbocycles. The monoisotopic (exact) mass is 536 g/mol. The molecule has 5 nitrogen and oxygen atoms in total. The average molecular weight is 537 g/mol. The summed E-state index contributed by atoms with van der Waals surface area (Å²) in [4.78, 5) is 12.9. The zero-order chi connectivity index (χ0) is 27.4. The number of allylic oxidation sites excluding steroid dienone is 2. The largest absolute Gasteiger partial charge is 0.394 e. The highest BCUT2D eigenvalue weighted by Gasteiger charge is 2.54. The Morgan fingerprint density at radius 1 is 1.10 bits per heavy atom. The summed E-state index contributed by atoms with van der Waals surface area (Å²) >= 11 is 0. The Bertz CT molecular complexity index is 1460. The summed E-state index contributed by atoms with van der Waals surface area (Å²) in [6.45, 7) is 2.09. The molecule has 3 aliphatic rings. The predicted molar refractivity (Wildman–Crippen MR) is 141 cm³/mol. The van der Waals surface area contributed by atoms with Crippen molar-refractivity contribution in [2.45, 2.75) is 44.8 Å². The Hall–Kier alpha value is -3.88. The van der Waals surface area contributed by atoms with Gasteiger partial charge in [-0.3, -0.25) is 0 Å².